The van der Waals surface area contributed by atoms with Crippen LogP contribution in [0.15, 0.2) is 10.9 Å². The van der Waals surface area contributed by atoms with Crippen LogP contribution >= 0.6 is 0 Å². The number of rotatable bonds is 4. The number of fused-ring (bicyclic) bond motifs is 1. The molecule has 1 heterocycles. The van der Waals surface area contributed by atoms with E-state index in [4.69, 9.17) is 0 Å². The smallest absolute Gasteiger partial charge is 0.267 e. The first kappa shape index (κ1) is 13.8. The minimum Gasteiger partial charge on any atom is -0.354 e. The maximum Gasteiger partial charge on any atom is 0.267 e. The minimum atomic E-state index is -0.558. The highest BCUT2D eigenvalue weighted by Crippen LogP contribution is 2.17. The molecule has 0 fully saturated rings. The molecule has 1 aromatic rings. The molecular weight excluding hydrogens is 242 g/mol. The molecule has 1 unspecified atom stereocenters. The Kier molecular flexibility index (Phi) is 4.02. The summed E-state index contributed by atoms with van der Waals surface area (Å²) in [6.07, 6.45) is 2.86. The van der Waals surface area contributed by atoms with E-state index in [-0.39, 0.29) is 11.5 Å². The van der Waals surface area contributed by atoms with Crippen molar-refractivity contribution in [3.05, 3.63) is 27.7 Å². The van der Waals surface area contributed by atoms with Crippen molar-refractivity contribution in [3.8, 4) is 0 Å². The Morgan fingerprint density at radius 1 is 1.42 bits per heavy atom. The van der Waals surface area contributed by atoms with Gasteiger partial charge in [0.25, 0.3) is 5.56 Å². The zero-order valence-corrected chi connectivity index (χ0v) is 11.8. The molecule has 0 saturated carbocycles. The number of aryl methyl sites for hydroxylation is 2. The highest BCUT2D eigenvalue weighted by Gasteiger charge is 2.21. The van der Waals surface area contributed by atoms with Crippen LogP contribution in [0, 0.1) is 5.92 Å². The lowest BCUT2D eigenvalue weighted by atomic mass is 10.2. The number of carbonyl (C=O) groups is 1. The maximum absolute atomic E-state index is 12.0. The lowest BCUT2D eigenvalue weighted by Crippen LogP contribution is -2.38. The highest BCUT2D eigenvalue weighted by molar-refractivity contribution is 5.79. The molecule has 0 radical (unpaired) electrons. The van der Waals surface area contributed by atoms with Crippen LogP contribution in [-0.4, -0.2) is 22.2 Å². The van der Waals surface area contributed by atoms with E-state index in [0.717, 1.165) is 30.5 Å². The fourth-order valence-electron chi connectivity index (χ4n) is 2.26. The second-order valence-corrected chi connectivity index (χ2v) is 5.57. The second kappa shape index (κ2) is 5.55. The van der Waals surface area contributed by atoms with Crippen LogP contribution in [0.4, 0.5) is 0 Å². The van der Waals surface area contributed by atoms with E-state index in [9.17, 15) is 9.59 Å². The third kappa shape index (κ3) is 3.03. The largest absolute Gasteiger partial charge is 0.354 e. The predicted molar refractivity (Wildman–Crippen MR) is 73.1 cm³/mol. The first-order valence-corrected chi connectivity index (χ1v) is 6.88. The zero-order valence-electron chi connectivity index (χ0n) is 11.8. The molecule has 0 spiro atoms. The topological polar surface area (TPSA) is 64.0 Å². The lowest BCUT2D eigenvalue weighted by molar-refractivity contribution is -0.124. The Hall–Kier alpha value is -1.65. The van der Waals surface area contributed by atoms with Crippen LogP contribution in [0.3, 0.4) is 0 Å². The van der Waals surface area contributed by atoms with Gasteiger partial charge in [-0.2, -0.15) is 5.10 Å². The number of carbonyl (C=O) groups excluding carboxylic acids is 1. The molecular formula is C14H21N3O2. The molecule has 0 aliphatic heterocycles. The van der Waals surface area contributed by atoms with Gasteiger partial charge in [0.1, 0.15) is 6.04 Å². The average molecular weight is 263 g/mol. The molecule has 0 aromatic carbocycles. The maximum atomic E-state index is 12.0. The summed E-state index contributed by atoms with van der Waals surface area (Å²) in [6, 6.07) is 1.07. The molecule has 104 valence electrons. The second-order valence-electron chi connectivity index (χ2n) is 5.57. The van der Waals surface area contributed by atoms with Crippen LogP contribution in [0.1, 0.15) is 44.5 Å². The predicted octanol–water partition coefficient (Wildman–Crippen LogP) is 1.07. The van der Waals surface area contributed by atoms with E-state index in [1.807, 2.05) is 13.8 Å². The third-order valence-corrected chi connectivity index (χ3v) is 3.41. The fourth-order valence-corrected chi connectivity index (χ4v) is 2.26. The summed E-state index contributed by atoms with van der Waals surface area (Å²) in [7, 11) is 0. The highest BCUT2D eigenvalue weighted by atomic mass is 16.2. The van der Waals surface area contributed by atoms with Crippen molar-refractivity contribution in [2.24, 2.45) is 5.92 Å². The molecule has 2 rings (SSSR count). The van der Waals surface area contributed by atoms with Gasteiger partial charge in [-0.1, -0.05) is 13.8 Å². The average Bonchev–Trinajstić information content (AvgIpc) is 2.80. The molecule has 1 atom stereocenters. The number of amides is 1. The number of nitrogens with one attached hydrogen (secondary N) is 1. The van der Waals surface area contributed by atoms with Crippen LogP contribution in [0.25, 0.3) is 0 Å². The van der Waals surface area contributed by atoms with Crippen molar-refractivity contribution in [3.63, 3.8) is 0 Å². The van der Waals surface area contributed by atoms with Crippen molar-refractivity contribution in [2.45, 2.75) is 46.1 Å². The molecule has 19 heavy (non-hydrogen) atoms. The molecule has 5 nitrogen and oxygen atoms in total. The summed E-state index contributed by atoms with van der Waals surface area (Å²) in [5, 5.41) is 7.18. The van der Waals surface area contributed by atoms with Crippen molar-refractivity contribution < 1.29 is 4.79 Å². The first-order valence-electron chi connectivity index (χ1n) is 6.88. The standard InChI is InChI=1S/C14H21N3O2/c1-9(2)8-15-14(19)10(3)17-13(18)7-11-5-4-6-12(11)16-17/h7,9-10H,4-6,8H2,1-3H3,(H,15,19). The number of nitrogens with zero attached hydrogens (tertiary/aromatic N) is 2. The van der Waals surface area contributed by atoms with Gasteiger partial charge in [-0.3, -0.25) is 9.59 Å². The van der Waals surface area contributed by atoms with Crippen LogP contribution in [-0.2, 0) is 17.6 Å². The minimum absolute atomic E-state index is 0.152. The zero-order chi connectivity index (χ0) is 14.0. The molecule has 1 aliphatic rings. The van der Waals surface area contributed by atoms with E-state index < -0.39 is 6.04 Å². The van der Waals surface area contributed by atoms with Gasteiger partial charge in [0.05, 0.1) is 5.69 Å². The van der Waals surface area contributed by atoms with Crippen molar-refractivity contribution in [1.29, 1.82) is 0 Å². The number of hydrogen-bond donors (Lipinski definition) is 1. The SMILES string of the molecule is CC(C)CNC(=O)C(C)n1nc2c(cc1=O)CCC2. The van der Waals surface area contributed by atoms with Gasteiger partial charge in [-0.05, 0) is 37.7 Å². The summed E-state index contributed by atoms with van der Waals surface area (Å²) in [5.41, 5.74) is 1.81. The summed E-state index contributed by atoms with van der Waals surface area (Å²) in [6.45, 7) is 6.39. The fraction of sp³-hybridized carbons (Fsp3) is 0.643. The van der Waals surface area contributed by atoms with E-state index >= 15 is 0 Å². The molecule has 1 aromatic heterocycles. The van der Waals surface area contributed by atoms with E-state index in [1.165, 1.54) is 4.68 Å². The van der Waals surface area contributed by atoms with Crippen LogP contribution in [0.5, 0.6) is 0 Å². The Labute approximate surface area is 113 Å². The molecule has 0 bridgehead atoms. The van der Waals surface area contributed by atoms with Crippen molar-refractivity contribution in [1.82, 2.24) is 15.1 Å². The molecule has 1 aliphatic carbocycles. The number of hydrogen-bond acceptors (Lipinski definition) is 3. The summed E-state index contributed by atoms with van der Waals surface area (Å²) >= 11 is 0. The van der Waals surface area contributed by atoms with Crippen molar-refractivity contribution >= 4 is 5.91 Å². The van der Waals surface area contributed by atoms with Gasteiger partial charge in [0, 0.05) is 12.6 Å². The quantitative estimate of drug-likeness (QED) is 0.883. The normalized spacial score (nSPS) is 15.4. The Bertz CT molecular complexity index is 534. The van der Waals surface area contributed by atoms with Gasteiger partial charge in [-0.15, -0.1) is 0 Å². The Morgan fingerprint density at radius 3 is 2.84 bits per heavy atom. The van der Waals surface area contributed by atoms with Gasteiger partial charge in [0.15, 0.2) is 0 Å². The van der Waals surface area contributed by atoms with E-state index in [1.54, 1.807) is 13.0 Å². The van der Waals surface area contributed by atoms with Gasteiger partial charge in [0.2, 0.25) is 5.91 Å². The third-order valence-electron chi connectivity index (χ3n) is 3.41. The monoisotopic (exact) mass is 263 g/mol. The lowest BCUT2D eigenvalue weighted by Gasteiger charge is -2.15. The molecule has 1 amide bonds. The van der Waals surface area contributed by atoms with Gasteiger partial charge < -0.3 is 5.32 Å². The number of aromatic nitrogens is 2. The first-order chi connectivity index (χ1) is 8.99. The molecule has 5 heteroatoms. The van der Waals surface area contributed by atoms with Crippen molar-refractivity contribution in [2.75, 3.05) is 6.54 Å². The molecule has 0 saturated heterocycles. The van der Waals surface area contributed by atoms with E-state index in [0.29, 0.717) is 12.5 Å². The van der Waals surface area contributed by atoms with Gasteiger partial charge in [-0.25, -0.2) is 4.68 Å². The molecule has 1 N–H and O–H groups in total. The Balaban J connectivity index is 2.17. The summed E-state index contributed by atoms with van der Waals surface area (Å²) in [5.74, 6) is 0.238. The van der Waals surface area contributed by atoms with Crippen LogP contribution in [0.2, 0.25) is 0 Å². The Morgan fingerprint density at radius 2 is 2.16 bits per heavy atom. The summed E-state index contributed by atoms with van der Waals surface area (Å²) < 4.78 is 1.31. The van der Waals surface area contributed by atoms with E-state index in [2.05, 4.69) is 10.4 Å². The summed E-state index contributed by atoms with van der Waals surface area (Å²) in [4.78, 5) is 24.0. The van der Waals surface area contributed by atoms with Crippen LogP contribution < -0.4 is 10.9 Å². The van der Waals surface area contributed by atoms with Gasteiger partial charge >= 0.3 is 0 Å².